The van der Waals surface area contributed by atoms with Crippen molar-refractivity contribution >= 4 is 39.9 Å². The van der Waals surface area contributed by atoms with E-state index in [0.29, 0.717) is 6.42 Å². The van der Waals surface area contributed by atoms with Crippen LogP contribution in [0.3, 0.4) is 0 Å². The number of carbonyl (C=O) groups excluding carboxylic acids is 1. The van der Waals surface area contributed by atoms with Crippen LogP contribution in [-0.4, -0.2) is 17.4 Å². The number of hydrogen-bond donors (Lipinski definition) is 1. The number of nitrogens with two attached hydrogens (primary N) is 1. The van der Waals surface area contributed by atoms with Crippen LogP contribution in [0.4, 0.5) is 5.69 Å². The predicted octanol–water partition coefficient (Wildman–Crippen LogP) is 4.36. The highest BCUT2D eigenvalue weighted by Gasteiger charge is 2.29. The van der Waals surface area contributed by atoms with Crippen LogP contribution in [0.1, 0.15) is 30.0 Å². The molecule has 2 aromatic rings. The second-order valence-electron chi connectivity index (χ2n) is 5.72. The number of anilines is 1. The maximum atomic E-state index is 12.7. The standard InChI is InChI=1S/C18H19BrN2O.ClH/c19-15-4-1-3-14(12-15)17-5-2-10-21(17)18(22)11-13-6-8-16(20)9-7-13;/h1,3-4,6-9,12,17H,2,5,10-11,20H2;1H. The Labute approximate surface area is 151 Å². The van der Waals surface area contributed by atoms with Crippen molar-refractivity contribution in [2.24, 2.45) is 0 Å². The number of likely N-dealkylation sites (tertiary alicyclic amines) is 1. The molecule has 0 spiro atoms. The summed E-state index contributed by atoms with van der Waals surface area (Å²) in [5.41, 5.74) is 8.64. The Balaban J connectivity index is 0.00000192. The first-order valence-corrected chi connectivity index (χ1v) is 8.32. The zero-order chi connectivity index (χ0) is 15.5. The van der Waals surface area contributed by atoms with Gasteiger partial charge in [0.1, 0.15) is 0 Å². The summed E-state index contributed by atoms with van der Waals surface area (Å²) >= 11 is 3.51. The first kappa shape index (κ1) is 17.8. The predicted molar refractivity (Wildman–Crippen MR) is 99.6 cm³/mol. The Hall–Kier alpha value is -1.52. The Morgan fingerprint density at radius 1 is 1.22 bits per heavy atom. The molecule has 1 atom stereocenters. The van der Waals surface area contributed by atoms with Gasteiger partial charge in [0.25, 0.3) is 0 Å². The molecule has 1 fully saturated rings. The number of rotatable bonds is 3. The molecule has 23 heavy (non-hydrogen) atoms. The SMILES string of the molecule is Cl.Nc1ccc(CC(=O)N2CCCC2c2cccc(Br)c2)cc1. The maximum Gasteiger partial charge on any atom is 0.227 e. The van der Waals surface area contributed by atoms with Crippen molar-refractivity contribution < 1.29 is 4.79 Å². The lowest BCUT2D eigenvalue weighted by molar-refractivity contribution is -0.131. The number of hydrogen-bond acceptors (Lipinski definition) is 2. The van der Waals surface area contributed by atoms with E-state index in [0.717, 1.165) is 35.1 Å². The van der Waals surface area contributed by atoms with Gasteiger partial charge in [0.15, 0.2) is 0 Å². The van der Waals surface area contributed by atoms with E-state index >= 15 is 0 Å². The van der Waals surface area contributed by atoms with Crippen LogP contribution >= 0.6 is 28.3 Å². The lowest BCUT2D eigenvalue weighted by Crippen LogP contribution is -2.31. The van der Waals surface area contributed by atoms with Crippen LogP contribution in [-0.2, 0) is 11.2 Å². The summed E-state index contributed by atoms with van der Waals surface area (Å²) in [5, 5.41) is 0. The maximum absolute atomic E-state index is 12.7. The van der Waals surface area contributed by atoms with Crippen LogP contribution in [0.2, 0.25) is 0 Å². The van der Waals surface area contributed by atoms with Crippen molar-refractivity contribution in [3.8, 4) is 0 Å². The molecule has 3 nitrogen and oxygen atoms in total. The third kappa shape index (κ3) is 4.27. The number of benzene rings is 2. The summed E-state index contributed by atoms with van der Waals surface area (Å²) in [6.07, 6.45) is 2.53. The number of halogens is 2. The Bertz CT molecular complexity index is 675. The van der Waals surface area contributed by atoms with Crippen LogP contribution in [0.5, 0.6) is 0 Å². The highest BCUT2D eigenvalue weighted by Crippen LogP contribution is 2.33. The highest BCUT2D eigenvalue weighted by atomic mass is 79.9. The van der Waals surface area contributed by atoms with Gasteiger partial charge in [0.2, 0.25) is 5.91 Å². The molecule has 0 aliphatic carbocycles. The summed E-state index contributed by atoms with van der Waals surface area (Å²) in [4.78, 5) is 14.7. The second kappa shape index (κ2) is 7.84. The molecule has 1 aliphatic heterocycles. The van der Waals surface area contributed by atoms with Crippen molar-refractivity contribution in [3.05, 3.63) is 64.1 Å². The molecular weight excluding hydrogens is 376 g/mol. The normalized spacial score (nSPS) is 16.9. The highest BCUT2D eigenvalue weighted by molar-refractivity contribution is 9.10. The minimum Gasteiger partial charge on any atom is -0.399 e. The summed E-state index contributed by atoms with van der Waals surface area (Å²) in [7, 11) is 0. The van der Waals surface area contributed by atoms with Gasteiger partial charge in [-0.25, -0.2) is 0 Å². The first-order chi connectivity index (χ1) is 10.6. The molecule has 0 saturated carbocycles. The van der Waals surface area contributed by atoms with Gasteiger partial charge in [-0.1, -0.05) is 40.2 Å². The lowest BCUT2D eigenvalue weighted by Gasteiger charge is -2.25. The molecule has 122 valence electrons. The van der Waals surface area contributed by atoms with E-state index in [-0.39, 0.29) is 24.4 Å². The van der Waals surface area contributed by atoms with Gasteiger partial charge in [0.05, 0.1) is 12.5 Å². The monoisotopic (exact) mass is 394 g/mol. The van der Waals surface area contributed by atoms with Crippen LogP contribution in [0, 0.1) is 0 Å². The number of nitrogens with zero attached hydrogens (tertiary/aromatic N) is 1. The molecule has 1 amide bonds. The molecule has 1 saturated heterocycles. The van der Waals surface area contributed by atoms with Gasteiger partial charge >= 0.3 is 0 Å². The first-order valence-electron chi connectivity index (χ1n) is 7.53. The minimum absolute atomic E-state index is 0. The fourth-order valence-corrected chi connectivity index (χ4v) is 3.45. The second-order valence-corrected chi connectivity index (χ2v) is 6.63. The summed E-state index contributed by atoms with van der Waals surface area (Å²) in [5.74, 6) is 0.187. The van der Waals surface area contributed by atoms with Gasteiger partial charge < -0.3 is 10.6 Å². The number of carbonyl (C=O) groups is 1. The summed E-state index contributed by atoms with van der Waals surface area (Å²) < 4.78 is 1.06. The smallest absolute Gasteiger partial charge is 0.227 e. The molecule has 1 aliphatic rings. The Morgan fingerprint density at radius 3 is 2.65 bits per heavy atom. The lowest BCUT2D eigenvalue weighted by atomic mass is 10.0. The fraction of sp³-hybridized carbons (Fsp3) is 0.278. The average Bonchev–Trinajstić information content (AvgIpc) is 2.99. The summed E-state index contributed by atoms with van der Waals surface area (Å²) in [6, 6.07) is 16.0. The third-order valence-electron chi connectivity index (χ3n) is 4.14. The van der Waals surface area contributed by atoms with Gasteiger partial charge in [-0.15, -0.1) is 12.4 Å². The Morgan fingerprint density at radius 2 is 1.96 bits per heavy atom. The molecule has 5 heteroatoms. The topological polar surface area (TPSA) is 46.3 Å². The molecular formula is C18H20BrClN2O. The molecule has 0 radical (unpaired) electrons. The van der Waals surface area contributed by atoms with Crippen molar-refractivity contribution in [1.82, 2.24) is 4.90 Å². The Kier molecular flexibility index (Phi) is 6.08. The number of nitrogen functional groups attached to an aromatic ring is 1. The largest absolute Gasteiger partial charge is 0.399 e. The molecule has 0 aromatic heterocycles. The van der Waals surface area contributed by atoms with Gasteiger partial charge in [0, 0.05) is 16.7 Å². The molecule has 1 unspecified atom stereocenters. The van der Waals surface area contributed by atoms with Gasteiger partial charge in [-0.2, -0.15) is 0 Å². The number of amides is 1. The molecule has 1 heterocycles. The molecule has 2 N–H and O–H groups in total. The van der Waals surface area contributed by atoms with Gasteiger partial charge in [-0.3, -0.25) is 4.79 Å². The zero-order valence-corrected chi connectivity index (χ0v) is 15.1. The van der Waals surface area contributed by atoms with E-state index < -0.39 is 0 Å². The van der Waals surface area contributed by atoms with Crippen LogP contribution in [0.25, 0.3) is 0 Å². The van der Waals surface area contributed by atoms with Gasteiger partial charge in [-0.05, 0) is 48.2 Å². The van der Waals surface area contributed by atoms with E-state index in [1.165, 1.54) is 5.56 Å². The third-order valence-corrected chi connectivity index (χ3v) is 4.63. The van der Waals surface area contributed by atoms with Crippen molar-refractivity contribution in [1.29, 1.82) is 0 Å². The van der Waals surface area contributed by atoms with E-state index in [1.54, 1.807) is 0 Å². The van der Waals surface area contributed by atoms with E-state index in [9.17, 15) is 4.79 Å². The summed E-state index contributed by atoms with van der Waals surface area (Å²) in [6.45, 7) is 0.838. The fourth-order valence-electron chi connectivity index (χ4n) is 3.04. The van der Waals surface area contributed by atoms with Crippen molar-refractivity contribution in [3.63, 3.8) is 0 Å². The van der Waals surface area contributed by atoms with E-state index in [2.05, 4.69) is 28.1 Å². The van der Waals surface area contributed by atoms with Crippen molar-refractivity contribution in [2.75, 3.05) is 12.3 Å². The van der Waals surface area contributed by atoms with Crippen molar-refractivity contribution in [2.45, 2.75) is 25.3 Å². The molecule has 3 rings (SSSR count). The average molecular weight is 396 g/mol. The minimum atomic E-state index is 0. The zero-order valence-electron chi connectivity index (χ0n) is 12.7. The van der Waals surface area contributed by atoms with Crippen LogP contribution < -0.4 is 5.73 Å². The molecule has 2 aromatic carbocycles. The quantitative estimate of drug-likeness (QED) is 0.785. The van der Waals surface area contributed by atoms with E-state index in [4.69, 9.17) is 5.73 Å². The molecule has 0 bridgehead atoms. The van der Waals surface area contributed by atoms with E-state index in [1.807, 2.05) is 41.3 Å². The van der Waals surface area contributed by atoms with Crippen LogP contribution in [0.15, 0.2) is 53.0 Å².